The van der Waals surface area contributed by atoms with E-state index in [1.54, 1.807) is 7.05 Å². The highest BCUT2D eigenvalue weighted by molar-refractivity contribution is 7.89. The van der Waals surface area contributed by atoms with Crippen LogP contribution in [-0.4, -0.2) is 81.4 Å². The second-order valence-corrected chi connectivity index (χ2v) is 7.21. The van der Waals surface area contributed by atoms with E-state index in [4.69, 9.17) is 5.11 Å². The molecule has 1 aliphatic heterocycles. The van der Waals surface area contributed by atoms with Gasteiger partial charge in [-0.1, -0.05) is 0 Å². The van der Waals surface area contributed by atoms with Gasteiger partial charge in [-0.25, -0.2) is 12.7 Å². The molecule has 2 N–H and O–H groups in total. The molecular formula is C12H27N3O3S. The quantitative estimate of drug-likeness (QED) is 0.551. The zero-order valence-corrected chi connectivity index (χ0v) is 12.7. The van der Waals surface area contributed by atoms with Gasteiger partial charge >= 0.3 is 0 Å². The minimum Gasteiger partial charge on any atom is -0.396 e. The van der Waals surface area contributed by atoms with E-state index in [2.05, 4.69) is 10.2 Å². The van der Waals surface area contributed by atoms with Crippen molar-refractivity contribution in [1.82, 2.24) is 14.5 Å². The molecule has 0 spiro atoms. The van der Waals surface area contributed by atoms with E-state index in [9.17, 15) is 8.42 Å². The van der Waals surface area contributed by atoms with Gasteiger partial charge in [-0.3, -0.25) is 4.90 Å². The molecule has 19 heavy (non-hydrogen) atoms. The highest BCUT2D eigenvalue weighted by Gasteiger charge is 2.19. The van der Waals surface area contributed by atoms with Crippen molar-refractivity contribution in [2.75, 3.05) is 58.7 Å². The number of rotatable bonds is 9. The molecule has 0 saturated carbocycles. The number of piperazine rings is 1. The maximum atomic E-state index is 12.1. The van der Waals surface area contributed by atoms with E-state index in [1.807, 2.05) is 0 Å². The van der Waals surface area contributed by atoms with Crippen LogP contribution in [0.3, 0.4) is 0 Å². The maximum Gasteiger partial charge on any atom is 0.215 e. The van der Waals surface area contributed by atoms with Gasteiger partial charge in [0.25, 0.3) is 0 Å². The number of sulfonamides is 1. The van der Waals surface area contributed by atoms with Crippen LogP contribution in [0.4, 0.5) is 0 Å². The first kappa shape index (κ1) is 16.8. The van der Waals surface area contributed by atoms with Crippen LogP contribution < -0.4 is 5.32 Å². The molecule has 1 saturated heterocycles. The predicted molar refractivity (Wildman–Crippen MR) is 76.7 cm³/mol. The SMILES string of the molecule is CN(CCCCCO)S(=O)(=O)CCN1CCNCC1. The summed E-state index contributed by atoms with van der Waals surface area (Å²) < 4.78 is 25.6. The third-order valence-corrected chi connectivity index (χ3v) is 5.31. The Labute approximate surface area is 116 Å². The largest absolute Gasteiger partial charge is 0.396 e. The Morgan fingerprint density at radius 2 is 1.89 bits per heavy atom. The number of aliphatic hydroxyl groups excluding tert-OH is 1. The number of hydrogen-bond acceptors (Lipinski definition) is 5. The highest BCUT2D eigenvalue weighted by Crippen LogP contribution is 2.04. The Balaban J connectivity index is 2.24. The van der Waals surface area contributed by atoms with Gasteiger partial charge < -0.3 is 10.4 Å². The number of nitrogens with zero attached hydrogens (tertiary/aromatic N) is 2. The van der Waals surface area contributed by atoms with Crippen LogP contribution in [0.5, 0.6) is 0 Å². The minimum absolute atomic E-state index is 0.180. The first-order valence-electron chi connectivity index (χ1n) is 7.04. The summed E-state index contributed by atoms with van der Waals surface area (Å²) in [6.07, 6.45) is 2.42. The lowest BCUT2D eigenvalue weighted by Crippen LogP contribution is -2.46. The van der Waals surface area contributed by atoms with Crippen molar-refractivity contribution in [2.45, 2.75) is 19.3 Å². The van der Waals surface area contributed by atoms with Crippen LogP contribution in [-0.2, 0) is 10.0 Å². The van der Waals surface area contributed by atoms with Gasteiger partial charge in [0, 0.05) is 52.9 Å². The van der Waals surface area contributed by atoms with Gasteiger partial charge in [-0.05, 0) is 19.3 Å². The van der Waals surface area contributed by atoms with Crippen LogP contribution in [0, 0.1) is 0 Å². The zero-order chi connectivity index (χ0) is 14.1. The highest BCUT2D eigenvalue weighted by atomic mass is 32.2. The number of nitrogens with one attached hydrogen (secondary N) is 1. The summed E-state index contributed by atoms with van der Waals surface area (Å²) >= 11 is 0. The summed E-state index contributed by atoms with van der Waals surface area (Å²) in [4.78, 5) is 2.19. The molecule has 0 aliphatic carbocycles. The molecule has 0 aromatic carbocycles. The molecular weight excluding hydrogens is 266 g/mol. The molecule has 7 heteroatoms. The third kappa shape index (κ3) is 6.67. The van der Waals surface area contributed by atoms with E-state index >= 15 is 0 Å². The van der Waals surface area contributed by atoms with E-state index in [1.165, 1.54) is 4.31 Å². The summed E-state index contributed by atoms with van der Waals surface area (Å²) in [5.41, 5.74) is 0. The molecule has 0 aromatic heterocycles. The van der Waals surface area contributed by atoms with Crippen LogP contribution >= 0.6 is 0 Å². The summed E-state index contributed by atoms with van der Waals surface area (Å²) in [6.45, 7) is 5.08. The smallest absolute Gasteiger partial charge is 0.215 e. The van der Waals surface area contributed by atoms with Crippen LogP contribution in [0.15, 0.2) is 0 Å². The molecule has 0 aromatic rings. The first-order chi connectivity index (χ1) is 9.06. The molecule has 0 amide bonds. The van der Waals surface area contributed by atoms with Crippen molar-refractivity contribution in [3.05, 3.63) is 0 Å². The molecule has 1 heterocycles. The maximum absolute atomic E-state index is 12.1. The van der Waals surface area contributed by atoms with Crippen molar-refractivity contribution in [3.63, 3.8) is 0 Å². The van der Waals surface area contributed by atoms with Gasteiger partial charge in [0.2, 0.25) is 10.0 Å². The number of aliphatic hydroxyl groups is 1. The number of hydrogen-bond donors (Lipinski definition) is 2. The average Bonchev–Trinajstić information content (AvgIpc) is 2.42. The lowest BCUT2D eigenvalue weighted by Gasteiger charge is -2.27. The molecule has 1 rings (SSSR count). The monoisotopic (exact) mass is 293 g/mol. The topological polar surface area (TPSA) is 72.9 Å². The Morgan fingerprint density at radius 1 is 1.21 bits per heavy atom. The third-order valence-electron chi connectivity index (χ3n) is 3.48. The fraction of sp³-hybridized carbons (Fsp3) is 1.00. The lowest BCUT2D eigenvalue weighted by molar-refractivity contribution is 0.252. The summed E-state index contributed by atoms with van der Waals surface area (Å²) in [6, 6.07) is 0. The Morgan fingerprint density at radius 3 is 2.53 bits per heavy atom. The van der Waals surface area contributed by atoms with Crippen LogP contribution in [0.1, 0.15) is 19.3 Å². The van der Waals surface area contributed by atoms with Gasteiger partial charge in [0.15, 0.2) is 0 Å². The van der Waals surface area contributed by atoms with E-state index < -0.39 is 10.0 Å². The minimum atomic E-state index is -3.14. The molecule has 114 valence electrons. The molecule has 0 bridgehead atoms. The Bertz CT molecular complexity index is 329. The summed E-state index contributed by atoms with van der Waals surface area (Å²) in [7, 11) is -1.49. The molecule has 6 nitrogen and oxygen atoms in total. The number of unbranched alkanes of at least 4 members (excludes halogenated alkanes) is 2. The van der Waals surface area contributed by atoms with Crippen molar-refractivity contribution < 1.29 is 13.5 Å². The van der Waals surface area contributed by atoms with E-state index in [0.29, 0.717) is 13.1 Å². The molecule has 0 unspecified atom stereocenters. The standard InChI is InChI=1S/C12H27N3O3S/c1-14(7-3-2-4-11-16)19(17,18)12-10-15-8-5-13-6-9-15/h13,16H,2-12H2,1H3. The fourth-order valence-electron chi connectivity index (χ4n) is 2.10. The Hall–Kier alpha value is -0.210. The molecule has 1 fully saturated rings. The predicted octanol–water partition coefficient (Wildman–Crippen LogP) is -0.684. The lowest BCUT2D eigenvalue weighted by atomic mass is 10.2. The summed E-state index contributed by atoms with van der Waals surface area (Å²) in [5, 5.41) is 11.9. The van der Waals surface area contributed by atoms with E-state index in [-0.39, 0.29) is 12.4 Å². The fourth-order valence-corrected chi connectivity index (χ4v) is 3.31. The van der Waals surface area contributed by atoms with Gasteiger partial charge in [0.1, 0.15) is 0 Å². The van der Waals surface area contributed by atoms with Crippen molar-refractivity contribution in [3.8, 4) is 0 Å². The van der Waals surface area contributed by atoms with Crippen molar-refractivity contribution >= 4 is 10.0 Å². The van der Waals surface area contributed by atoms with E-state index in [0.717, 1.165) is 45.4 Å². The zero-order valence-electron chi connectivity index (χ0n) is 11.8. The van der Waals surface area contributed by atoms with Crippen LogP contribution in [0.25, 0.3) is 0 Å². The van der Waals surface area contributed by atoms with Gasteiger partial charge in [-0.15, -0.1) is 0 Å². The van der Waals surface area contributed by atoms with Crippen LogP contribution in [0.2, 0.25) is 0 Å². The molecule has 1 aliphatic rings. The van der Waals surface area contributed by atoms with Gasteiger partial charge in [-0.2, -0.15) is 0 Å². The van der Waals surface area contributed by atoms with Crippen molar-refractivity contribution in [2.24, 2.45) is 0 Å². The van der Waals surface area contributed by atoms with Gasteiger partial charge in [0.05, 0.1) is 5.75 Å². The average molecular weight is 293 g/mol. The van der Waals surface area contributed by atoms with Crippen molar-refractivity contribution in [1.29, 1.82) is 0 Å². The molecule has 0 radical (unpaired) electrons. The molecule has 0 atom stereocenters. The summed E-state index contributed by atoms with van der Waals surface area (Å²) in [5.74, 6) is 0.198. The normalized spacial score (nSPS) is 18.1. The Kier molecular flexibility index (Phi) is 7.86. The second kappa shape index (κ2) is 8.86. The first-order valence-corrected chi connectivity index (χ1v) is 8.65. The second-order valence-electron chi connectivity index (χ2n) is 5.01.